The summed E-state index contributed by atoms with van der Waals surface area (Å²) < 4.78 is 13.3. The Kier molecular flexibility index (Phi) is 2.14. The molecule has 1 aromatic carbocycles. The lowest BCUT2D eigenvalue weighted by molar-refractivity contribution is 0.171. The summed E-state index contributed by atoms with van der Waals surface area (Å²) in [5.74, 6) is 1.51. The average Bonchev–Trinajstić information content (AvgIpc) is 2.75. The van der Waals surface area contributed by atoms with Crippen molar-refractivity contribution in [1.82, 2.24) is 14.8 Å². The summed E-state index contributed by atoms with van der Waals surface area (Å²) in [5.41, 5.74) is 0.906. The van der Waals surface area contributed by atoms with E-state index in [4.69, 9.17) is 21.7 Å². The van der Waals surface area contributed by atoms with Crippen LogP contribution < -0.4 is 9.47 Å². The summed E-state index contributed by atoms with van der Waals surface area (Å²) in [6, 6.07) is 5.68. The fraction of sp³-hybridized carbons (Fsp3) is 0.200. The van der Waals surface area contributed by atoms with E-state index in [-0.39, 0.29) is 0 Å². The zero-order chi connectivity index (χ0) is 11.0. The first-order chi connectivity index (χ1) is 7.84. The minimum absolute atomic E-state index is 0.552. The molecule has 6 heteroatoms. The van der Waals surface area contributed by atoms with Gasteiger partial charge in [0.2, 0.25) is 0 Å². The first kappa shape index (κ1) is 9.41. The third kappa shape index (κ3) is 1.47. The molecule has 2 aromatic rings. The molecule has 0 amide bonds. The van der Waals surface area contributed by atoms with Crippen molar-refractivity contribution in [2.45, 2.75) is 0 Å². The molecule has 2 heterocycles. The number of rotatable bonds is 1. The van der Waals surface area contributed by atoms with E-state index in [1.54, 1.807) is 10.9 Å². The van der Waals surface area contributed by atoms with Crippen molar-refractivity contribution in [3.8, 4) is 17.2 Å². The van der Waals surface area contributed by atoms with E-state index in [0.29, 0.717) is 18.0 Å². The molecule has 0 saturated heterocycles. The molecule has 3 rings (SSSR count). The maximum atomic E-state index is 5.50. The quantitative estimate of drug-likeness (QED) is 0.764. The van der Waals surface area contributed by atoms with Crippen molar-refractivity contribution >= 4 is 12.2 Å². The highest BCUT2D eigenvalue weighted by atomic mass is 32.1. The van der Waals surface area contributed by atoms with Gasteiger partial charge in [0.15, 0.2) is 16.3 Å². The highest BCUT2D eigenvalue weighted by Crippen LogP contribution is 2.31. The molecular formula is C10H9N3O2S. The van der Waals surface area contributed by atoms with Gasteiger partial charge in [-0.1, -0.05) is 0 Å². The molecule has 0 spiro atoms. The predicted octanol–water partition coefficient (Wildman–Crippen LogP) is 1.70. The van der Waals surface area contributed by atoms with E-state index in [0.717, 1.165) is 17.2 Å². The van der Waals surface area contributed by atoms with Crippen LogP contribution in [0.4, 0.5) is 0 Å². The first-order valence-electron chi connectivity index (χ1n) is 4.86. The van der Waals surface area contributed by atoms with E-state index in [2.05, 4.69) is 10.2 Å². The van der Waals surface area contributed by atoms with Crippen LogP contribution in [-0.4, -0.2) is 28.0 Å². The zero-order valence-corrected chi connectivity index (χ0v) is 9.16. The van der Waals surface area contributed by atoms with Gasteiger partial charge in [-0.3, -0.25) is 9.67 Å². The molecule has 5 nitrogen and oxygen atoms in total. The van der Waals surface area contributed by atoms with Gasteiger partial charge in [0, 0.05) is 6.07 Å². The molecule has 0 bridgehead atoms. The van der Waals surface area contributed by atoms with Gasteiger partial charge in [-0.25, -0.2) is 0 Å². The van der Waals surface area contributed by atoms with Crippen molar-refractivity contribution < 1.29 is 9.47 Å². The first-order valence-corrected chi connectivity index (χ1v) is 5.27. The molecule has 0 atom stereocenters. The summed E-state index contributed by atoms with van der Waals surface area (Å²) in [6.07, 6.45) is 1.63. The van der Waals surface area contributed by atoms with Crippen LogP contribution in [0.1, 0.15) is 0 Å². The van der Waals surface area contributed by atoms with Crippen LogP contribution in [0.3, 0.4) is 0 Å². The van der Waals surface area contributed by atoms with Crippen molar-refractivity contribution in [3.05, 3.63) is 29.3 Å². The zero-order valence-electron chi connectivity index (χ0n) is 8.34. The smallest absolute Gasteiger partial charge is 0.199 e. The predicted molar refractivity (Wildman–Crippen MR) is 59.7 cm³/mol. The molecule has 0 aliphatic carbocycles. The standard InChI is InChI=1S/C10H9N3O2S/c16-10-12-11-6-13(10)7-1-2-8-9(5-7)15-4-3-14-8/h1-2,5-6H,3-4H2,(H,12,16). The highest BCUT2D eigenvalue weighted by Gasteiger charge is 2.12. The van der Waals surface area contributed by atoms with Crippen LogP contribution >= 0.6 is 12.2 Å². The van der Waals surface area contributed by atoms with Crippen molar-refractivity contribution in [3.63, 3.8) is 0 Å². The fourth-order valence-electron chi connectivity index (χ4n) is 1.61. The number of benzene rings is 1. The molecule has 0 fully saturated rings. The van der Waals surface area contributed by atoms with Gasteiger partial charge < -0.3 is 9.47 Å². The van der Waals surface area contributed by atoms with Crippen molar-refractivity contribution in [1.29, 1.82) is 0 Å². The average molecular weight is 235 g/mol. The SMILES string of the molecule is S=c1[nH]ncn1-c1ccc2c(c1)OCCO2. The van der Waals surface area contributed by atoms with Crippen LogP contribution in [0.5, 0.6) is 11.5 Å². The third-order valence-electron chi connectivity index (χ3n) is 2.36. The molecule has 0 unspecified atom stereocenters. The second kappa shape index (κ2) is 3.64. The number of aromatic nitrogens is 3. The van der Waals surface area contributed by atoms with Crippen molar-refractivity contribution in [2.75, 3.05) is 13.2 Å². The molecule has 0 saturated carbocycles. The lowest BCUT2D eigenvalue weighted by Gasteiger charge is -2.18. The third-order valence-corrected chi connectivity index (χ3v) is 2.64. The number of fused-ring (bicyclic) bond motifs is 1. The monoisotopic (exact) mass is 235 g/mol. The topological polar surface area (TPSA) is 52.1 Å². The Balaban J connectivity index is 2.10. The summed E-state index contributed by atoms with van der Waals surface area (Å²) >= 11 is 5.09. The Morgan fingerprint density at radius 1 is 1.25 bits per heavy atom. The van der Waals surface area contributed by atoms with Crippen LogP contribution in [0.2, 0.25) is 0 Å². The van der Waals surface area contributed by atoms with Gasteiger partial charge in [-0.05, 0) is 24.4 Å². The highest BCUT2D eigenvalue weighted by molar-refractivity contribution is 7.71. The number of H-pyrrole nitrogens is 1. The number of nitrogens with one attached hydrogen (secondary N) is 1. The van der Waals surface area contributed by atoms with Gasteiger partial charge in [-0.15, -0.1) is 0 Å². The lowest BCUT2D eigenvalue weighted by Crippen LogP contribution is -2.15. The fourth-order valence-corrected chi connectivity index (χ4v) is 1.82. The number of ether oxygens (including phenoxy) is 2. The molecule has 1 aliphatic rings. The molecule has 0 radical (unpaired) electrons. The second-order valence-corrected chi connectivity index (χ2v) is 3.75. The van der Waals surface area contributed by atoms with E-state index >= 15 is 0 Å². The van der Waals surface area contributed by atoms with E-state index in [9.17, 15) is 0 Å². The van der Waals surface area contributed by atoms with E-state index in [1.807, 2.05) is 18.2 Å². The Morgan fingerprint density at radius 2 is 2.06 bits per heavy atom. The summed E-state index contributed by atoms with van der Waals surface area (Å²) in [5, 5.41) is 6.57. The second-order valence-electron chi connectivity index (χ2n) is 3.36. The van der Waals surface area contributed by atoms with E-state index in [1.165, 1.54) is 0 Å². The lowest BCUT2D eigenvalue weighted by atomic mass is 10.2. The number of hydrogen-bond donors (Lipinski definition) is 1. The van der Waals surface area contributed by atoms with E-state index < -0.39 is 0 Å². The number of nitrogens with zero attached hydrogens (tertiary/aromatic N) is 2. The van der Waals surface area contributed by atoms with Crippen molar-refractivity contribution in [2.24, 2.45) is 0 Å². The van der Waals surface area contributed by atoms with Gasteiger partial charge in [0.05, 0.1) is 5.69 Å². The molecule has 16 heavy (non-hydrogen) atoms. The molecule has 1 N–H and O–H groups in total. The maximum absolute atomic E-state index is 5.50. The molecule has 1 aliphatic heterocycles. The summed E-state index contributed by atoms with van der Waals surface area (Å²) in [7, 11) is 0. The minimum atomic E-state index is 0.552. The normalized spacial score (nSPS) is 13.8. The van der Waals surface area contributed by atoms with Gasteiger partial charge in [0.25, 0.3) is 0 Å². The summed E-state index contributed by atoms with van der Waals surface area (Å²) in [6.45, 7) is 1.17. The van der Waals surface area contributed by atoms with Gasteiger partial charge in [0.1, 0.15) is 19.5 Å². The molecule has 1 aromatic heterocycles. The molecular weight excluding hydrogens is 226 g/mol. The molecule has 82 valence electrons. The van der Waals surface area contributed by atoms with Crippen LogP contribution in [0.25, 0.3) is 5.69 Å². The Morgan fingerprint density at radius 3 is 2.81 bits per heavy atom. The largest absolute Gasteiger partial charge is 0.486 e. The van der Waals surface area contributed by atoms with Gasteiger partial charge >= 0.3 is 0 Å². The summed E-state index contributed by atoms with van der Waals surface area (Å²) in [4.78, 5) is 0. The Labute approximate surface area is 96.6 Å². The maximum Gasteiger partial charge on any atom is 0.199 e. The number of hydrogen-bond acceptors (Lipinski definition) is 4. The van der Waals surface area contributed by atoms with Crippen LogP contribution in [-0.2, 0) is 0 Å². The van der Waals surface area contributed by atoms with Crippen LogP contribution in [0, 0.1) is 4.77 Å². The Hall–Kier alpha value is -1.82. The van der Waals surface area contributed by atoms with Gasteiger partial charge in [-0.2, -0.15) is 5.10 Å². The Bertz CT molecular complexity index is 575. The van der Waals surface area contributed by atoms with Crippen LogP contribution in [0.15, 0.2) is 24.5 Å². The number of aromatic amines is 1. The minimum Gasteiger partial charge on any atom is -0.486 e.